The summed E-state index contributed by atoms with van der Waals surface area (Å²) in [5.74, 6) is -0.950. The minimum absolute atomic E-state index is 0. The molecule has 0 saturated carbocycles. The first-order valence-electron chi connectivity index (χ1n) is 7.91. The first-order valence-corrected chi connectivity index (χ1v) is 8.67. The van der Waals surface area contributed by atoms with E-state index in [-0.39, 0.29) is 45.9 Å². The van der Waals surface area contributed by atoms with Crippen molar-refractivity contribution in [2.75, 3.05) is 32.7 Å². The average molecular weight is 411 g/mol. The number of carbonyl (C=O) groups is 2. The molecule has 2 saturated heterocycles. The zero-order valence-corrected chi connectivity index (χ0v) is 15.8. The lowest BCUT2D eigenvalue weighted by Gasteiger charge is -2.41. The fourth-order valence-corrected chi connectivity index (χ4v) is 3.72. The van der Waals surface area contributed by atoms with Crippen LogP contribution in [0.5, 0.6) is 0 Å². The molecular formula is C16H19Cl3FN3O2. The van der Waals surface area contributed by atoms with Crippen molar-refractivity contribution in [3.05, 3.63) is 33.6 Å². The van der Waals surface area contributed by atoms with Crippen molar-refractivity contribution in [1.82, 2.24) is 15.1 Å². The van der Waals surface area contributed by atoms with Crippen LogP contribution in [-0.2, 0) is 4.79 Å². The fraction of sp³-hybridized carbons (Fsp3) is 0.500. The molecule has 1 unspecified atom stereocenters. The summed E-state index contributed by atoms with van der Waals surface area (Å²) < 4.78 is 13.7. The highest BCUT2D eigenvalue weighted by Gasteiger charge is 2.32. The molecule has 0 aliphatic carbocycles. The number of rotatable bonds is 2. The van der Waals surface area contributed by atoms with Gasteiger partial charge in [-0.2, -0.15) is 0 Å². The highest BCUT2D eigenvalue weighted by atomic mass is 35.5. The molecule has 1 N–H and O–H groups in total. The number of carbonyl (C=O) groups excluding carboxylic acids is 2. The highest BCUT2D eigenvalue weighted by Crippen LogP contribution is 2.27. The quantitative estimate of drug-likeness (QED) is 0.763. The number of likely N-dealkylation sites (tertiary alicyclic amines) is 1. The lowest BCUT2D eigenvalue weighted by Crippen LogP contribution is -2.57. The van der Waals surface area contributed by atoms with E-state index in [9.17, 15) is 14.0 Å². The maximum atomic E-state index is 13.7. The van der Waals surface area contributed by atoms with Crippen molar-refractivity contribution in [3.63, 3.8) is 0 Å². The smallest absolute Gasteiger partial charge is 0.255 e. The summed E-state index contributed by atoms with van der Waals surface area (Å²) in [6, 6.07) is 2.31. The van der Waals surface area contributed by atoms with Crippen molar-refractivity contribution in [2.45, 2.75) is 18.9 Å². The third-order valence-electron chi connectivity index (χ3n) is 4.49. The van der Waals surface area contributed by atoms with Crippen molar-refractivity contribution in [3.8, 4) is 0 Å². The molecule has 2 heterocycles. The van der Waals surface area contributed by atoms with Crippen molar-refractivity contribution in [2.24, 2.45) is 0 Å². The maximum Gasteiger partial charge on any atom is 0.255 e. The van der Waals surface area contributed by atoms with Gasteiger partial charge in [0.25, 0.3) is 5.91 Å². The van der Waals surface area contributed by atoms with E-state index in [0.29, 0.717) is 26.2 Å². The minimum atomic E-state index is -0.671. The van der Waals surface area contributed by atoms with Gasteiger partial charge in [0.05, 0.1) is 22.2 Å². The van der Waals surface area contributed by atoms with E-state index >= 15 is 0 Å². The highest BCUT2D eigenvalue weighted by molar-refractivity contribution is 6.36. The minimum Gasteiger partial charge on any atom is -0.337 e. The van der Waals surface area contributed by atoms with Crippen LogP contribution in [0, 0.1) is 5.82 Å². The van der Waals surface area contributed by atoms with Crippen LogP contribution in [0.15, 0.2) is 12.1 Å². The van der Waals surface area contributed by atoms with E-state index in [2.05, 4.69) is 5.32 Å². The summed E-state index contributed by atoms with van der Waals surface area (Å²) in [5, 5.41) is 3.06. The predicted molar refractivity (Wildman–Crippen MR) is 97.2 cm³/mol. The van der Waals surface area contributed by atoms with Gasteiger partial charge in [0.15, 0.2) is 0 Å². The molecule has 1 aromatic carbocycles. The lowest BCUT2D eigenvalue weighted by molar-refractivity contribution is -0.135. The number of benzene rings is 1. The Morgan fingerprint density at radius 1 is 1.24 bits per heavy atom. The molecule has 0 spiro atoms. The molecule has 138 valence electrons. The monoisotopic (exact) mass is 409 g/mol. The van der Waals surface area contributed by atoms with Crippen LogP contribution in [-0.4, -0.2) is 60.4 Å². The van der Waals surface area contributed by atoms with Gasteiger partial charge < -0.3 is 15.1 Å². The molecular weight excluding hydrogens is 392 g/mol. The van der Waals surface area contributed by atoms with Crippen molar-refractivity contribution < 1.29 is 14.0 Å². The zero-order valence-electron chi connectivity index (χ0n) is 13.4. The number of piperazine rings is 1. The second kappa shape index (κ2) is 8.54. The molecule has 2 aliphatic rings. The van der Waals surface area contributed by atoms with E-state index < -0.39 is 5.82 Å². The van der Waals surface area contributed by atoms with Gasteiger partial charge in [-0.25, -0.2) is 4.39 Å². The Labute approximate surface area is 161 Å². The number of amides is 2. The molecule has 2 amide bonds. The summed E-state index contributed by atoms with van der Waals surface area (Å²) in [7, 11) is 0. The summed E-state index contributed by atoms with van der Waals surface area (Å²) in [6.07, 6.45) is 1.65. The fourth-order valence-electron chi connectivity index (χ4n) is 3.26. The number of hydrogen-bond acceptors (Lipinski definition) is 3. The normalized spacial score (nSPS) is 21.1. The van der Waals surface area contributed by atoms with Crippen molar-refractivity contribution in [1.29, 1.82) is 0 Å². The van der Waals surface area contributed by atoms with E-state index in [1.165, 1.54) is 6.07 Å². The number of hydrogen-bond donors (Lipinski definition) is 1. The van der Waals surface area contributed by atoms with E-state index in [0.717, 1.165) is 25.5 Å². The Bertz CT molecular complexity index is 674. The van der Waals surface area contributed by atoms with E-state index in [4.69, 9.17) is 23.2 Å². The second-order valence-corrected chi connectivity index (χ2v) is 6.87. The maximum absolute atomic E-state index is 13.7. The lowest BCUT2D eigenvalue weighted by atomic mass is 10.0. The first-order chi connectivity index (χ1) is 11.5. The molecule has 2 aliphatic heterocycles. The molecule has 5 nitrogen and oxygen atoms in total. The number of halogens is 4. The number of piperidine rings is 1. The Balaban J connectivity index is 0.00000225. The van der Waals surface area contributed by atoms with Crippen LogP contribution in [0.4, 0.5) is 4.39 Å². The van der Waals surface area contributed by atoms with Gasteiger partial charge in [0.1, 0.15) is 5.82 Å². The Kier molecular flexibility index (Phi) is 6.91. The van der Waals surface area contributed by atoms with Gasteiger partial charge in [0, 0.05) is 32.2 Å². The molecule has 25 heavy (non-hydrogen) atoms. The first kappa shape index (κ1) is 20.2. The molecule has 1 atom stereocenters. The molecule has 0 aromatic heterocycles. The molecule has 0 radical (unpaired) electrons. The summed E-state index contributed by atoms with van der Waals surface area (Å²) in [6.45, 7) is 2.73. The number of nitrogens with one attached hydrogen (secondary N) is 1. The van der Waals surface area contributed by atoms with Crippen LogP contribution in [0.2, 0.25) is 10.0 Å². The average Bonchev–Trinajstić information content (AvgIpc) is 2.58. The molecule has 3 rings (SSSR count). The molecule has 1 aromatic rings. The predicted octanol–water partition coefficient (Wildman–Crippen LogP) is 2.59. The van der Waals surface area contributed by atoms with Crippen molar-refractivity contribution >= 4 is 47.4 Å². The summed E-state index contributed by atoms with van der Waals surface area (Å²) in [5.41, 5.74) is 0.103. The van der Waals surface area contributed by atoms with E-state index in [1.807, 2.05) is 4.90 Å². The van der Waals surface area contributed by atoms with Crippen LogP contribution in [0.25, 0.3) is 0 Å². The Morgan fingerprint density at radius 2 is 2.00 bits per heavy atom. The van der Waals surface area contributed by atoms with Gasteiger partial charge >= 0.3 is 0 Å². The SMILES string of the molecule is Cl.O=C(c1cc(F)c(Cl)cc1Cl)N1CCCC(N2CCNCC2=O)C1. The number of nitrogens with zero attached hydrogens (tertiary/aromatic N) is 2. The van der Waals surface area contributed by atoms with Crippen LogP contribution < -0.4 is 5.32 Å². The van der Waals surface area contributed by atoms with Gasteiger partial charge in [0.2, 0.25) is 5.91 Å². The largest absolute Gasteiger partial charge is 0.337 e. The molecule has 2 fully saturated rings. The van der Waals surface area contributed by atoms with E-state index in [1.54, 1.807) is 4.90 Å². The molecule has 9 heteroatoms. The summed E-state index contributed by atoms with van der Waals surface area (Å²) >= 11 is 11.7. The van der Waals surface area contributed by atoms with Gasteiger partial charge in [-0.1, -0.05) is 23.2 Å². The second-order valence-electron chi connectivity index (χ2n) is 6.06. The standard InChI is InChI=1S/C16H18Cl2FN3O2.ClH/c17-12-7-13(18)14(19)6-11(12)16(24)21-4-1-2-10(9-21)22-5-3-20-8-15(22)23;/h6-7,10,20H,1-5,8-9H2;1H. The van der Waals surface area contributed by atoms with Crippen LogP contribution in [0.3, 0.4) is 0 Å². The molecule has 0 bridgehead atoms. The zero-order chi connectivity index (χ0) is 17.3. The van der Waals surface area contributed by atoms with Gasteiger partial charge in [-0.3, -0.25) is 9.59 Å². The van der Waals surface area contributed by atoms with Crippen LogP contribution in [0.1, 0.15) is 23.2 Å². The Hall–Kier alpha value is -1.08. The third-order valence-corrected chi connectivity index (χ3v) is 5.09. The summed E-state index contributed by atoms with van der Waals surface area (Å²) in [4.78, 5) is 28.2. The topological polar surface area (TPSA) is 52.7 Å². The van der Waals surface area contributed by atoms with Gasteiger partial charge in [-0.05, 0) is 25.0 Å². The Morgan fingerprint density at radius 3 is 2.72 bits per heavy atom. The van der Waals surface area contributed by atoms with Crippen LogP contribution >= 0.6 is 35.6 Å². The van der Waals surface area contributed by atoms with Gasteiger partial charge in [-0.15, -0.1) is 12.4 Å². The third kappa shape index (κ3) is 4.37.